The molecule has 1 rings (SSSR count). The Labute approximate surface area is 97.8 Å². The highest BCUT2D eigenvalue weighted by Crippen LogP contribution is 2.31. The number of halogens is 2. The number of rotatable bonds is 4. The lowest BCUT2D eigenvalue weighted by atomic mass is 10.1. The van der Waals surface area contributed by atoms with E-state index >= 15 is 0 Å². The Hall–Kier alpha value is -0.790. The maximum atomic E-state index is 8.88. The van der Waals surface area contributed by atoms with Gasteiger partial charge < -0.3 is 9.84 Å². The first-order valence-electron chi connectivity index (χ1n) is 4.26. The molecular weight excluding hydrogens is 237 g/mol. The van der Waals surface area contributed by atoms with Gasteiger partial charge in [-0.1, -0.05) is 29.3 Å². The second-order valence-corrected chi connectivity index (χ2v) is 3.55. The highest BCUT2D eigenvalue weighted by atomic mass is 35.5. The Morgan fingerprint density at radius 3 is 2.47 bits per heavy atom. The summed E-state index contributed by atoms with van der Waals surface area (Å²) >= 11 is 11.8. The molecule has 0 bridgehead atoms. The molecule has 0 aromatic heterocycles. The zero-order valence-electron chi connectivity index (χ0n) is 7.78. The fourth-order valence-corrected chi connectivity index (χ4v) is 1.71. The van der Waals surface area contributed by atoms with Crippen LogP contribution in [0.1, 0.15) is 11.7 Å². The van der Waals surface area contributed by atoms with E-state index in [4.69, 9.17) is 38.3 Å². The van der Waals surface area contributed by atoms with Crippen LogP contribution in [-0.2, 0) is 4.74 Å². The number of aliphatic hydroxyl groups is 1. The highest BCUT2D eigenvalue weighted by molar-refractivity contribution is 6.36. The molecule has 0 amide bonds. The van der Waals surface area contributed by atoms with E-state index in [-0.39, 0.29) is 13.2 Å². The van der Waals surface area contributed by atoms with E-state index in [1.54, 1.807) is 18.2 Å². The van der Waals surface area contributed by atoms with Crippen molar-refractivity contribution in [3.8, 4) is 6.07 Å². The maximum Gasteiger partial charge on any atom is 0.172 e. The van der Waals surface area contributed by atoms with Crippen LogP contribution in [0.5, 0.6) is 0 Å². The molecule has 80 valence electrons. The predicted octanol–water partition coefficient (Wildman–Crippen LogP) is 2.57. The van der Waals surface area contributed by atoms with Gasteiger partial charge in [-0.2, -0.15) is 5.26 Å². The van der Waals surface area contributed by atoms with Crippen molar-refractivity contribution in [2.24, 2.45) is 0 Å². The minimum Gasteiger partial charge on any atom is -0.394 e. The van der Waals surface area contributed by atoms with E-state index in [1.165, 1.54) is 0 Å². The van der Waals surface area contributed by atoms with Crippen molar-refractivity contribution in [3.63, 3.8) is 0 Å². The van der Waals surface area contributed by atoms with Gasteiger partial charge >= 0.3 is 0 Å². The lowest BCUT2D eigenvalue weighted by Gasteiger charge is -2.13. The van der Waals surface area contributed by atoms with Crippen LogP contribution in [0.3, 0.4) is 0 Å². The standard InChI is InChI=1S/C10H9Cl2NO2/c11-7-2-1-3-8(12)10(7)9(6-13)15-5-4-14/h1-3,9,14H,4-5H2. The smallest absolute Gasteiger partial charge is 0.172 e. The summed E-state index contributed by atoms with van der Waals surface area (Å²) in [5.74, 6) is 0. The fraction of sp³-hybridized carbons (Fsp3) is 0.300. The molecule has 1 unspecified atom stereocenters. The third-order valence-corrected chi connectivity index (χ3v) is 2.41. The van der Waals surface area contributed by atoms with Gasteiger partial charge in [-0.25, -0.2) is 0 Å². The highest BCUT2D eigenvalue weighted by Gasteiger charge is 2.17. The van der Waals surface area contributed by atoms with E-state index in [0.717, 1.165) is 0 Å². The third-order valence-electron chi connectivity index (χ3n) is 1.75. The normalized spacial score (nSPS) is 12.1. The van der Waals surface area contributed by atoms with Crippen molar-refractivity contribution in [1.29, 1.82) is 5.26 Å². The van der Waals surface area contributed by atoms with Gasteiger partial charge in [0, 0.05) is 15.6 Å². The number of benzene rings is 1. The maximum absolute atomic E-state index is 8.88. The van der Waals surface area contributed by atoms with E-state index in [0.29, 0.717) is 15.6 Å². The average Bonchev–Trinajstić information content (AvgIpc) is 2.22. The molecule has 0 heterocycles. The first-order valence-corrected chi connectivity index (χ1v) is 5.02. The SMILES string of the molecule is N#CC(OCCO)c1c(Cl)cccc1Cl. The molecule has 0 radical (unpaired) electrons. The molecule has 1 atom stereocenters. The van der Waals surface area contributed by atoms with Crippen LogP contribution in [0.15, 0.2) is 18.2 Å². The summed E-state index contributed by atoms with van der Waals surface area (Å²) in [7, 11) is 0. The van der Waals surface area contributed by atoms with Gasteiger partial charge in [0.15, 0.2) is 6.10 Å². The first kappa shape index (κ1) is 12.3. The van der Waals surface area contributed by atoms with E-state index in [2.05, 4.69) is 0 Å². The minimum atomic E-state index is -0.849. The molecule has 5 heteroatoms. The van der Waals surface area contributed by atoms with Crippen molar-refractivity contribution in [2.75, 3.05) is 13.2 Å². The summed E-state index contributed by atoms with van der Waals surface area (Å²) in [6.07, 6.45) is -0.849. The lowest BCUT2D eigenvalue weighted by molar-refractivity contribution is 0.0582. The number of hydrogen-bond donors (Lipinski definition) is 1. The van der Waals surface area contributed by atoms with Crippen molar-refractivity contribution in [2.45, 2.75) is 6.10 Å². The van der Waals surface area contributed by atoms with Gasteiger partial charge in [-0.15, -0.1) is 0 Å². The first-order chi connectivity index (χ1) is 7.20. The van der Waals surface area contributed by atoms with Crippen molar-refractivity contribution >= 4 is 23.2 Å². The monoisotopic (exact) mass is 245 g/mol. The second kappa shape index (κ2) is 5.94. The van der Waals surface area contributed by atoms with Gasteiger partial charge in [0.25, 0.3) is 0 Å². The number of nitrogens with zero attached hydrogens (tertiary/aromatic N) is 1. The Bertz CT molecular complexity index is 356. The Balaban J connectivity index is 2.97. The van der Waals surface area contributed by atoms with Crippen LogP contribution in [-0.4, -0.2) is 18.3 Å². The Morgan fingerprint density at radius 2 is 2.00 bits per heavy atom. The molecule has 0 fully saturated rings. The molecule has 0 spiro atoms. The quantitative estimate of drug-likeness (QED) is 0.888. The summed E-state index contributed by atoms with van der Waals surface area (Å²) in [4.78, 5) is 0. The number of aliphatic hydroxyl groups excluding tert-OH is 1. The second-order valence-electron chi connectivity index (χ2n) is 2.74. The number of nitriles is 1. The molecule has 3 nitrogen and oxygen atoms in total. The van der Waals surface area contributed by atoms with Crippen LogP contribution < -0.4 is 0 Å². The van der Waals surface area contributed by atoms with Crippen molar-refractivity contribution in [3.05, 3.63) is 33.8 Å². The van der Waals surface area contributed by atoms with Crippen LogP contribution in [0.4, 0.5) is 0 Å². The van der Waals surface area contributed by atoms with Crippen molar-refractivity contribution in [1.82, 2.24) is 0 Å². The topological polar surface area (TPSA) is 53.2 Å². The molecular formula is C10H9Cl2NO2. The summed E-state index contributed by atoms with van der Waals surface area (Å²) < 4.78 is 5.11. The molecule has 0 aliphatic rings. The number of ether oxygens (including phenoxy) is 1. The number of hydrogen-bond acceptors (Lipinski definition) is 3. The molecule has 0 aliphatic carbocycles. The molecule has 1 aromatic carbocycles. The molecule has 0 saturated carbocycles. The van der Waals surface area contributed by atoms with Gasteiger partial charge in [0.2, 0.25) is 0 Å². The van der Waals surface area contributed by atoms with Gasteiger partial charge in [0.1, 0.15) is 0 Å². The van der Waals surface area contributed by atoms with E-state index in [1.807, 2.05) is 6.07 Å². The van der Waals surface area contributed by atoms with E-state index < -0.39 is 6.10 Å². The van der Waals surface area contributed by atoms with Crippen LogP contribution in [0.25, 0.3) is 0 Å². The molecule has 1 aromatic rings. The third kappa shape index (κ3) is 3.08. The average molecular weight is 246 g/mol. The van der Waals surface area contributed by atoms with Gasteiger partial charge in [-0.05, 0) is 12.1 Å². The zero-order chi connectivity index (χ0) is 11.3. The van der Waals surface area contributed by atoms with Crippen LogP contribution in [0, 0.1) is 11.3 Å². The molecule has 15 heavy (non-hydrogen) atoms. The van der Waals surface area contributed by atoms with Crippen LogP contribution in [0.2, 0.25) is 10.0 Å². The van der Waals surface area contributed by atoms with Crippen LogP contribution >= 0.6 is 23.2 Å². The lowest BCUT2D eigenvalue weighted by Crippen LogP contribution is -2.07. The summed E-state index contributed by atoms with van der Waals surface area (Å²) in [6, 6.07) is 6.89. The Kier molecular flexibility index (Phi) is 4.86. The molecule has 0 saturated heterocycles. The fourth-order valence-electron chi connectivity index (χ4n) is 1.12. The minimum absolute atomic E-state index is 0.0692. The Morgan fingerprint density at radius 1 is 1.40 bits per heavy atom. The van der Waals surface area contributed by atoms with E-state index in [9.17, 15) is 0 Å². The van der Waals surface area contributed by atoms with Crippen molar-refractivity contribution < 1.29 is 9.84 Å². The summed E-state index contributed by atoms with van der Waals surface area (Å²) in [6.45, 7) is -0.0833. The largest absolute Gasteiger partial charge is 0.394 e. The summed E-state index contributed by atoms with van der Waals surface area (Å²) in [5, 5.41) is 18.2. The summed E-state index contributed by atoms with van der Waals surface area (Å²) in [5.41, 5.74) is 0.441. The molecule has 1 N–H and O–H groups in total. The van der Waals surface area contributed by atoms with Gasteiger partial charge in [0.05, 0.1) is 19.3 Å². The molecule has 0 aliphatic heterocycles. The van der Waals surface area contributed by atoms with Gasteiger partial charge in [-0.3, -0.25) is 0 Å². The zero-order valence-corrected chi connectivity index (χ0v) is 9.29. The predicted molar refractivity (Wildman–Crippen MR) is 57.9 cm³/mol.